The lowest BCUT2D eigenvalue weighted by atomic mass is 10.3. The van der Waals surface area contributed by atoms with Crippen LogP contribution in [0.2, 0.25) is 5.02 Å². The van der Waals surface area contributed by atoms with Crippen molar-refractivity contribution in [2.45, 2.75) is 19.6 Å². The zero-order valence-corrected chi connectivity index (χ0v) is 11.7. The van der Waals surface area contributed by atoms with Crippen LogP contribution < -0.4 is 15.8 Å². The first-order valence-electron chi connectivity index (χ1n) is 6.08. The molecule has 0 aliphatic carbocycles. The molecular weight excluding hydrogens is 280 g/mol. The Morgan fingerprint density at radius 3 is 3.00 bits per heavy atom. The molecule has 2 aromatic rings. The summed E-state index contributed by atoms with van der Waals surface area (Å²) in [6.07, 6.45) is 0.859. The Kier molecular flexibility index (Phi) is 4.53. The molecule has 1 aromatic carbocycles. The molecular formula is C14H15ClN2O3. The largest absolute Gasteiger partial charge is 0.479 e. The van der Waals surface area contributed by atoms with Crippen LogP contribution in [-0.4, -0.2) is 12.0 Å². The van der Waals surface area contributed by atoms with Crippen LogP contribution in [0.1, 0.15) is 12.7 Å². The minimum absolute atomic E-state index is 0.264. The highest BCUT2D eigenvalue weighted by Crippen LogP contribution is 2.27. The second-order valence-electron chi connectivity index (χ2n) is 4.25. The second kappa shape index (κ2) is 6.34. The molecule has 0 bridgehead atoms. The van der Waals surface area contributed by atoms with Gasteiger partial charge in [-0.1, -0.05) is 11.6 Å². The molecule has 0 fully saturated rings. The minimum atomic E-state index is -0.690. The molecule has 0 saturated carbocycles. The molecule has 0 saturated heterocycles. The van der Waals surface area contributed by atoms with E-state index in [2.05, 4.69) is 5.32 Å². The van der Waals surface area contributed by atoms with E-state index in [4.69, 9.17) is 26.5 Å². The van der Waals surface area contributed by atoms with Gasteiger partial charge in [0, 0.05) is 11.8 Å². The van der Waals surface area contributed by atoms with E-state index in [-0.39, 0.29) is 5.91 Å². The number of benzene rings is 1. The van der Waals surface area contributed by atoms with Gasteiger partial charge >= 0.3 is 0 Å². The van der Waals surface area contributed by atoms with Crippen LogP contribution >= 0.6 is 11.6 Å². The zero-order chi connectivity index (χ0) is 14.5. The van der Waals surface area contributed by atoms with E-state index in [9.17, 15) is 4.79 Å². The van der Waals surface area contributed by atoms with Crippen molar-refractivity contribution in [3.05, 3.63) is 47.4 Å². The highest BCUT2D eigenvalue weighted by atomic mass is 35.5. The van der Waals surface area contributed by atoms with Crippen molar-refractivity contribution in [1.29, 1.82) is 0 Å². The molecule has 0 spiro atoms. The average molecular weight is 295 g/mol. The Balaban J connectivity index is 1.92. The predicted molar refractivity (Wildman–Crippen MR) is 76.5 cm³/mol. The third-order valence-electron chi connectivity index (χ3n) is 2.65. The topological polar surface area (TPSA) is 77.5 Å². The van der Waals surface area contributed by atoms with E-state index in [1.54, 1.807) is 43.5 Å². The normalized spacial score (nSPS) is 11.9. The number of nitrogens with two attached hydrogens (primary N) is 1. The summed E-state index contributed by atoms with van der Waals surface area (Å²) in [6, 6.07) is 8.41. The maximum atomic E-state index is 11.9. The molecule has 106 valence electrons. The number of halogens is 1. The first-order valence-corrected chi connectivity index (χ1v) is 6.46. The summed E-state index contributed by atoms with van der Waals surface area (Å²) in [4.78, 5) is 11.9. The number of rotatable bonds is 5. The number of carbonyl (C=O) groups excluding carboxylic acids is 1. The first-order chi connectivity index (χ1) is 9.56. The fourth-order valence-electron chi connectivity index (χ4n) is 1.59. The summed E-state index contributed by atoms with van der Waals surface area (Å²) < 4.78 is 10.6. The van der Waals surface area contributed by atoms with Gasteiger partial charge in [-0.15, -0.1) is 0 Å². The fraction of sp³-hybridized carbons (Fsp3) is 0.214. The lowest BCUT2D eigenvalue weighted by Gasteiger charge is -2.15. The van der Waals surface area contributed by atoms with E-state index < -0.39 is 6.10 Å². The number of amides is 1. The monoisotopic (exact) mass is 294 g/mol. The van der Waals surface area contributed by atoms with Gasteiger partial charge in [0.2, 0.25) is 0 Å². The molecule has 1 aromatic heterocycles. The molecule has 1 unspecified atom stereocenters. The van der Waals surface area contributed by atoms with Crippen LogP contribution in [-0.2, 0) is 11.3 Å². The van der Waals surface area contributed by atoms with Gasteiger partial charge in [-0.25, -0.2) is 0 Å². The quantitative estimate of drug-likeness (QED) is 0.831. The molecule has 1 atom stereocenters. The van der Waals surface area contributed by atoms with Crippen LogP contribution in [0.3, 0.4) is 0 Å². The number of nitrogen functional groups attached to an aromatic ring is 1. The molecule has 2 rings (SSSR count). The number of ether oxygens (including phenoxy) is 1. The maximum absolute atomic E-state index is 11.9. The van der Waals surface area contributed by atoms with Crippen molar-refractivity contribution in [2.75, 3.05) is 5.73 Å². The third kappa shape index (κ3) is 3.68. The van der Waals surface area contributed by atoms with E-state index in [1.165, 1.54) is 0 Å². The lowest BCUT2D eigenvalue weighted by molar-refractivity contribution is -0.127. The molecule has 6 heteroatoms. The van der Waals surface area contributed by atoms with Crippen molar-refractivity contribution in [2.24, 2.45) is 0 Å². The van der Waals surface area contributed by atoms with E-state index in [0.29, 0.717) is 28.8 Å². The predicted octanol–water partition coefficient (Wildman–Crippen LogP) is 2.60. The summed E-state index contributed by atoms with van der Waals surface area (Å²) in [5, 5.41) is 3.11. The summed E-state index contributed by atoms with van der Waals surface area (Å²) in [5.41, 5.74) is 6.17. The van der Waals surface area contributed by atoms with Gasteiger partial charge in [0.15, 0.2) is 6.10 Å². The number of carbonyl (C=O) groups is 1. The smallest absolute Gasteiger partial charge is 0.261 e. The Labute approximate surface area is 121 Å². The van der Waals surface area contributed by atoms with Crippen LogP contribution in [0.25, 0.3) is 0 Å². The summed E-state index contributed by atoms with van der Waals surface area (Å²) >= 11 is 5.98. The lowest BCUT2D eigenvalue weighted by Crippen LogP contribution is -2.35. The Morgan fingerprint density at radius 1 is 1.50 bits per heavy atom. The van der Waals surface area contributed by atoms with Gasteiger partial charge < -0.3 is 20.2 Å². The molecule has 1 amide bonds. The number of nitrogens with one attached hydrogen (secondary N) is 1. The van der Waals surface area contributed by atoms with Crippen LogP contribution in [0.5, 0.6) is 5.75 Å². The molecule has 0 aliphatic rings. The van der Waals surface area contributed by atoms with Gasteiger partial charge in [-0.3, -0.25) is 4.79 Å². The number of anilines is 1. The third-order valence-corrected chi connectivity index (χ3v) is 2.96. The molecule has 20 heavy (non-hydrogen) atoms. The molecule has 5 nitrogen and oxygen atoms in total. The number of hydrogen-bond donors (Lipinski definition) is 2. The van der Waals surface area contributed by atoms with Gasteiger partial charge in [0.1, 0.15) is 11.5 Å². The Morgan fingerprint density at radius 2 is 2.30 bits per heavy atom. The SMILES string of the molecule is CC(Oc1cc(N)ccc1Cl)C(=O)NCc1ccco1. The van der Waals surface area contributed by atoms with Crippen LogP contribution in [0, 0.1) is 0 Å². The average Bonchev–Trinajstić information content (AvgIpc) is 2.93. The van der Waals surface area contributed by atoms with Gasteiger partial charge in [0.25, 0.3) is 5.91 Å². The van der Waals surface area contributed by atoms with E-state index in [0.717, 1.165) is 0 Å². The summed E-state index contributed by atoms with van der Waals surface area (Å²) in [5.74, 6) is 0.791. The van der Waals surface area contributed by atoms with Crippen molar-refractivity contribution < 1.29 is 13.9 Å². The molecule has 3 N–H and O–H groups in total. The van der Waals surface area contributed by atoms with Crippen LogP contribution in [0.4, 0.5) is 5.69 Å². The zero-order valence-electron chi connectivity index (χ0n) is 10.9. The number of hydrogen-bond acceptors (Lipinski definition) is 4. The van der Waals surface area contributed by atoms with E-state index >= 15 is 0 Å². The van der Waals surface area contributed by atoms with E-state index in [1.807, 2.05) is 0 Å². The highest BCUT2D eigenvalue weighted by molar-refractivity contribution is 6.32. The Hall–Kier alpha value is -2.14. The van der Waals surface area contributed by atoms with Gasteiger partial charge in [-0.2, -0.15) is 0 Å². The van der Waals surface area contributed by atoms with Crippen molar-refractivity contribution in [3.8, 4) is 5.75 Å². The van der Waals surface area contributed by atoms with Crippen molar-refractivity contribution in [1.82, 2.24) is 5.32 Å². The minimum Gasteiger partial charge on any atom is -0.479 e. The molecule has 1 heterocycles. The van der Waals surface area contributed by atoms with Gasteiger partial charge in [0.05, 0.1) is 17.8 Å². The fourth-order valence-corrected chi connectivity index (χ4v) is 1.75. The molecule has 0 aliphatic heterocycles. The summed E-state index contributed by atoms with van der Waals surface area (Å²) in [7, 11) is 0. The highest BCUT2D eigenvalue weighted by Gasteiger charge is 2.16. The summed E-state index contributed by atoms with van der Waals surface area (Å²) in [6.45, 7) is 1.95. The van der Waals surface area contributed by atoms with Crippen molar-refractivity contribution in [3.63, 3.8) is 0 Å². The van der Waals surface area contributed by atoms with Crippen molar-refractivity contribution >= 4 is 23.2 Å². The van der Waals surface area contributed by atoms with Crippen LogP contribution in [0.15, 0.2) is 41.0 Å². The number of furan rings is 1. The Bertz CT molecular complexity index is 584. The van der Waals surface area contributed by atoms with Gasteiger partial charge in [-0.05, 0) is 31.2 Å². The standard InChI is InChI=1S/C14H15ClN2O3/c1-9(14(18)17-8-11-3-2-6-19-11)20-13-7-10(16)4-5-12(13)15/h2-7,9H,8,16H2,1H3,(H,17,18). The first kappa shape index (κ1) is 14.3. The molecule has 0 radical (unpaired) electrons. The second-order valence-corrected chi connectivity index (χ2v) is 4.65. The maximum Gasteiger partial charge on any atom is 0.261 e.